The minimum atomic E-state index is 0.168. The van der Waals surface area contributed by atoms with Crippen molar-refractivity contribution in [3.05, 3.63) is 46.0 Å². The molecule has 0 radical (unpaired) electrons. The first-order valence-corrected chi connectivity index (χ1v) is 8.36. The van der Waals surface area contributed by atoms with Crippen LogP contribution in [0.5, 0.6) is 0 Å². The van der Waals surface area contributed by atoms with Crippen molar-refractivity contribution in [2.24, 2.45) is 5.92 Å². The van der Waals surface area contributed by atoms with Crippen molar-refractivity contribution < 1.29 is 9.21 Å². The first-order valence-electron chi connectivity index (χ1n) is 7.48. The summed E-state index contributed by atoms with van der Waals surface area (Å²) in [6, 6.07) is 8.17. The van der Waals surface area contributed by atoms with Crippen LogP contribution in [0.3, 0.4) is 0 Å². The number of rotatable bonds is 6. The van der Waals surface area contributed by atoms with Crippen LogP contribution in [0.25, 0.3) is 0 Å². The summed E-state index contributed by atoms with van der Waals surface area (Å²) < 4.78 is 5.85. The number of hydrogen-bond acceptors (Lipinski definition) is 3. The van der Waals surface area contributed by atoms with Gasteiger partial charge in [0.1, 0.15) is 11.5 Å². The molecule has 0 aliphatic heterocycles. The second-order valence-electron chi connectivity index (χ2n) is 5.95. The Morgan fingerprint density at radius 2 is 2.24 bits per heavy atom. The van der Waals surface area contributed by atoms with Crippen LogP contribution in [-0.2, 0) is 17.8 Å². The molecule has 4 heteroatoms. The molecule has 1 aliphatic rings. The average molecular weight is 303 g/mol. The summed E-state index contributed by atoms with van der Waals surface area (Å²) in [6.45, 7) is 2.94. The standard InChI is InChI=1S/C17H21NO2S/c1-12-10-15(12)16-7-5-13(20-16)6-8-17(19)18(2)11-14-4-3-9-21-14/h3-5,7,9,12,15H,6,8,10-11H2,1-2H3. The van der Waals surface area contributed by atoms with Gasteiger partial charge in [0.15, 0.2) is 0 Å². The molecule has 0 spiro atoms. The maximum atomic E-state index is 12.1. The number of carbonyl (C=O) groups excluding carboxylic acids is 1. The zero-order chi connectivity index (χ0) is 14.8. The Hall–Kier alpha value is -1.55. The van der Waals surface area contributed by atoms with E-state index < -0.39 is 0 Å². The number of aryl methyl sites for hydroxylation is 1. The highest BCUT2D eigenvalue weighted by Crippen LogP contribution is 2.47. The molecule has 3 rings (SSSR count). The first kappa shape index (κ1) is 14.4. The van der Waals surface area contributed by atoms with E-state index in [2.05, 4.69) is 19.1 Å². The highest BCUT2D eigenvalue weighted by molar-refractivity contribution is 7.09. The van der Waals surface area contributed by atoms with Crippen molar-refractivity contribution in [2.45, 2.75) is 38.6 Å². The molecule has 112 valence electrons. The van der Waals surface area contributed by atoms with Crippen LogP contribution in [0.1, 0.15) is 42.1 Å². The van der Waals surface area contributed by atoms with Gasteiger partial charge < -0.3 is 9.32 Å². The van der Waals surface area contributed by atoms with Crippen molar-refractivity contribution in [1.82, 2.24) is 4.90 Å². The van der Waals surface area contributed by atoms with E-state index >= 15 is 0 Å². The van der Waals surface area contributed by atoms with E-state index in [1.165, 1.54) is 11.3 Å². The normalized spacial score (nSPS) is 20.5. The largest absolute Gasteiger partial charge is 0.466 e. The van der Waals surface area contributed by atoms with Gasteiger partial charge in [0.2, 0.25) is 5.91 Å². The third kappa shape index (κ3) is 3.56. The fourth-order valence-electron chi connectivity index (χ4n) is 2.59. The molecular weight excluding hydrogens is 282 g/mol. The Balaban J connectivity index is 1.47. The monoisotopic (exact) mass is 303 g/mol. The van der Waals surface area contributed by atoms with Crippen LogP contribution >= 0.6 is 11.3 Å². The first-order chi connectivity index (χ1) is 10.1. The van der Waals surface area contributed by atoms with Crippen molar-refractivity contribution in [2.75, 3.05) is 7.05 Å². The molecule has 2 unspecified atom stereocenters. The van der Waals surface area contributed by atoms with Crippen molar-refractivity contribution >= 4 is 17.2 Å². The summed E-state index contributed by atoms with van der Waals surface area (Å²) in [5.41, 5.74) is 0. The van der Waals surface area contributed by atoms with Crippen LogP contribution in [0.4, 0.5) is 0 Å². The maximum absolute atomic E-state index is 12.1. The zero-order valence-electron chi connectivity index (χ0n) is 12.5. The Kier molecular flexibility index (Phi) is 4.15. The van der Waals surface area contributed by atoms with E-state index in [9.17, 15) is 4.79 Å². The van der Waals surface area contributed by atoms with E-state index in [1.807, 2.05) is 24.6 Å². The molecule has 2 atom stereocenters. The summed E-state index contributed by atoms with van der Waals surface area (Å²) in [5, 5.41) is 2.04. The minimum Gasteiger partial charge on any atom is -0.466 e. The highest BCUT2D eigenvalue weighted by Gasteiger charge is 2.36. The molecule has 0 saturated heterocycles. The molecular formula is C17H21NO2S. The molecule has 1 amide bonds. The lowest BCUT2D eigenvalue weighted by molar-refractivity contribution is -0.130. The summed E-state index contributed by atoms with van der Waals surface area (Å²) in [6.07, 6.45) is 2.43. The van der Waals surface area contributed by atoms with Gasteiger partial charge in [-0.15, -0.1) is 11.3 Å². The quantitative estimate of drug-likeness (QED) is 0.806. The molecule has 0 N–H and O–H groups in total. The lowest BCUT2D eigenvalue weighted by atomic mass is 10.2. The van der Waals surface area contributed by atoms with Crippen molar-refractivity contribution in [1.29, 1.82) is 0 Å². The zero-order valence-corrected chi connectivity index (χ0v) is 13.4. The van der Waals surface area contributed by atoms with Crippen LogP contribution in [0.15, 0.2) is 34.1 Å². The second-order valence-corrected chi connectivity index (χ2v) is 6.98. The van der Waals surface area contributed by atoms with Gasteiger partial charge in [0.05, 0.1) is 6.54 Å². The van der Waals surface area contributed by atoms with Gasteiger partial charge in [-0.2, -0.15) is 0 Å². The SMILES string of the molecule is CC1CC1c1ccc(CCC(=O)N(C)Cc2cccs2)o1. The third-order valence-electron chi connectivity index (χ3n) is 4.14. The summed E-state index contributed by atoms with van der Waals surface area (Å²) in [7, 11) is 1.86. The average Bonchev–Trinajstić information content (AvgIpc) is 2.88. The summed E-state index contributed by atoms with van der Waals surface area (Å²) in [5.74, 6) is 3.55. The molecule has 21 heavy (non-hydrogen) atoms. The van der Waals surface area contributed by atoms with Crippen LogP contribution in [0.2, 0.25) is 0 Å². The van der Waals surface area contributed by atoms with Gasteiger partial charge in [0, 0.05) is 30.7 Å². The lowest BCUT2D eigenvalue weighted by Gasteiger charge is -2.15. The number of amides is 1. The van der Waals surface area contributed by atoms with Crippen molar-refractivity contribution in [3.63, 3.8) is 0 Å². The molecule has 1 fully saturated rings. The van der Waals surface area contributed by atoms with Crippen LogP contribution < -0.4 is 0 Å². The fourth-order valence-corrected chi connectivity index (χ4v) is 3.35. The molecule has 0 aromatic carbocycles. The van der Waals surface area contributed by atoms with E-state index in [4.69, 9.17) is 4.42 Å². The number of carbonyl (C=O) groups is 1. The smallest absolute Gasteiger partial charge is 0.223 e. The Bertz CT molecular complexity index is 602. The number of thiophene rings is 1. The van der Waals surface area contributed by atoms with Crippen molar-refractivity contribution in [3.8, 4) is 0 Å². The molecule has 2 heterocycles. The number of furan rings is 1. The fraction of sp³-hybridized carbons (Fsp3) is 0.471. The minimum absolute atomic E-state index is 0.168. The highest BCUT2D eigenvalue weighted by atomic mass is 32.1. The van der Waals surface area contributed by atoms with E-state index in [1.54, 1.807) is 16.2 Å². The van der Waals surface area contributed by atoms with Gasteiger partial charge in [-0.3, -0.25) is 4.79 Å². The van der Waals surface area contributed by atoms with Gasteiger partial charge in [-0.25, -0.2) is 0 Å². The summed E-state index contributed by atoms with van der Waals surface area (Å²) >= 11 is 1.68. The third-order valence-corrected chi connectivity index (χ3v) is 5.00. The molecule has 2 aromatic heterocycles. The van der Waals surface area contributed by atoms with Gasteiger partial charge in [0.25, 0.3) is 0 Å². The predicted molar refractivity (Wildman–Crippen MR) is 84.3 cm³/mol. The molecule has 1 saturated carbocycles. The van der Waals surface area contributed by atoms with Gasteiger partial charge >= 0.3 is 0 Å². The summed E-state index contributed by atoms with van der Waals surface area (Å²) in [4.78, 5) is 15.1. The molecule has 2 aromatic rings. The Morgan fingerprint density at radius 1 is 1.43 bits per heavy atom. The van der Waals surface area contributed by atoms with E-state index in [0.717, 1.165) is 17.4 Å². The molecule has 1 aliphatic carbocycles. The molecule has 3 nitrogen and oxygen atoms in total. The number of hydrogen-bond donors (Lipinski definition) is 0. The second kappa shape index (κ2) is 6.06. The predicted octanol–water partition coefficient (Wildman–Crippen LogP) is 4.06. The van der Waals surface area contributed by atoms with Gasteiger partial charge in [-0.05, 0) is 35.9 Å². The maximum Gasteiger partial charge on any atom is 0.223 e. The van der Waals surface area contributed by atoms with Crippen LogP contribution in [-0.4, -0.2) is 17.9 Å². The topological polar surface area (TPSA) is 33.5 Å². The van der Waals surface area contributed by atoms with Gasteiger partial charge in [-0.1, -0.05) is 13.0 Å². The Labute approximate surface area is 129 Å². The van der Waals surface area contributed by atoms with Crippen LogP contribution in [0, 0.1) is 5.92 Å². The lowest BCUT2D eigenvalue weighted by Crippen LogP contribution is -2.25. The van der Waals surface area contributed by atoms with E-state index in [-0.39, 0.29) is 5.91 Å². The molecule has 0 bridgehead atoms. The Morgan fingerprint density at radius 3 is 2.90 bits per heavy atom. The van der Waals surface area contributed by atoms with E-state index in [0.29, 0.717) is 25.3 Å². The number of nitrogens with zero attached hydrogens (tertiary/aromatic N) is 1.